The lowest BCUT2D eigenvalue weighted by atomic mass is 9.33. The molecule has 0 N–H and O–H groups in total. The van der Waals surface area contributed by atoms with Gasteiger partial charge in [0.05, 0.1) is 11.0 Å². The second kappa shape index (κ2) is 16.7. The summed E-state index contributed by atoms with van der Waals surface area (Å²) < 4.78 is 2.49. The van der Waals surface area contributed by atoms with Crippen molar-refractivity contribution in [3.8, 4) is 5.95 Å². The van der Waals surface area contributed by atoms with Crippen molar-refractivity contribution in [1.29, 1.82) is 0 Å². The summed E-state index contributed by atoms with van der Waals surface area (Å²) in [4.78, 5) is 17.3. The first kappa shape index (κ1) is 52.6. The Hall–Kier alpha value is -6.14. The molecule has 5 nitrogen and oxygen atoms in total. The highest BCUT2D eigenvalue weighted by atomic mass is 15.3. The summed E-state index contributed by atoms with van der Waals surface area (Å²) in [6.45, 7) is 47.4. The Morgan fingerprint density at radius 2 is 0.692 bits per heavy atom. The van der Waals surface area contributed by atoms with E-state index in [-0.39, 0.29) is 50.0 Å². The lowest BCUT2D eigenvalue weighted by molar-refractivity contribution is 0.332. The van der Waals surface area contributed by atoms with Gasteiger partial charge in [0.1, 0.15) is 11.6 Å². The van der Waals surface area contributed by atoms with E-state index in [9.17, 15) is 0 Å². The molecule has 2 aliphatic heterocycles. The van der Waals surface area contributed by atoms with E-state index in [0.717, 1.165) is 65.5 Å². The zero-order chi connectivity index (χ0) is 56.0. The van der Waals surface area contributed by atoms with Gasteiger partial charge in [-0.25, -0.2) is 0 Å². The summed E-state index contributed by atoms with van der Waals surface area (Å²) in [5, 5.41) is 2.57. The maximum atomic E-state index is 6.17. The quantitative estimate of drug-likeness (QED) is 0.165. The van der Waals surface area contributed by atoms with E-state index in [0.29, 0.717) is 5.95 Å². The first-order valence-corrected chi connectivity index (χ1v) is 29.4. The molecule has 0 bridgehead atoms. The Labute approximate surface area is 468 Å². The van der Waals surface area contributed by atoms with Crippen LogP contribution in [-0.2, 0) is 43.3 Å². The second-order valence-corrected chi connectivity index (χ2v) is 31.0. The van der Waals surface area contributed by atoms with Crippen molar-refractivity contribution in [1.82, 2.24) is 14.5 Å². The van der Waals surface area contributed by atoms with Crippen molar-refractivity contribution in [3.05, 3.63) is 154 Å². The first-order valence-electron chi connectivity index (χ1n) is 29.4. The van der Waals surface area contributed by atoms with Crippen LogP contribution in [0.15, 0.2) is 109 Å². The zero-order valence-electron chi connectivity index (χ0n) is 51.0. The number of hydrogen-bond donors (Lipinski definition) is 0. The molecule has 0 radical (unpaired) electrons. The highest BCUT2D eigenvalue weighted by Gasteiger charge is 2.47. The van der Waals surface area contributed by atoms with E-state index in [1.807, 2.05) is 0 Å². The minimum absolute atomic E-state index is 0.00323. The van der Waals surface area contributed by atoms with Gasteiger partial charge in [-0.05, 0) is 185 Å². The van der Waals surface area contributed by atoms with Crippen LogP contribution in [0.3, 0.4) is 0 Å². The molecule has 4 aliphatic rings. The summed E-state index contributed by atoms with van der Waals surface area (Å²) >= 11 is 0. The van der Waals surface area contributed by atoms with E-state index in [1.165, 1.54) is 77.2 Å². The predicted octanol–water partition coefficient (Wildman–Crippen LogP) is 17.5. The smallest absolute Gasteiger partial charge is 0.256 e. The molecule has 0 saturated carbocycles. The Morgan fingerprint density at radius 1 is 0.385 bits per heavy atom. The van der Waals surface area contributed by atoms with E-state index >= 15 is 0 Å². The van der Waals surface area contributed by atoms with Crippen LogP contribution in [-0.4, -0.2) is 21.2 Å². The molecule has 0 unspecified atom stereocenters. The maximum absolute atomic E-state index is 6.17. The molecule has 6 aromatic carbocycles. The first-order chi connectivity index (χ1) is 36.2. The number of aromatic nitrogens is 3. The van der Waals surface area contributed by atoms with Crippen LogP contribution >= 0.6 is 0 Å². The topological polar surface area (TPSA) is 37.2 Å². The largest absolute Gasteiger partial charge is 0.296 e. The van der Waals surface area contributed by atoms with Gasteiger partial charge in [0.2, 0.25) is 5.95 Å². The summed E-state index contributed by atoms with van der Waals surface area (Å²) in [6, 6.07) is 43.6. The fourth-order valence-corrected chi connectivity index (χ4v) is 13.8. The van der Waals surface area contributed by atoms with Crippen LogP contribution in [0.2, 0.25) is 0 Å². The number of hydrogen-bond acceptors (Lipinski definition) is 4. The van der Waals surface area contributed by atoms with Crippen molar-refractivity contribution in [2.45, 2.75) is 207 Å². The molecule has 0 saturated heterocycles. The van der Waals surface area contributed by atoms with Gasteiger partial charge in [0.25, 0.3) is 6.71 Å². The van der Waals surface area contributed by atoms with Crippen molar-refractivity contribution < 1.29 is 0 Å². The highest BCUT2D eigenvalue weighted by Crippen LogP contribution is 2.53. The summed E-state index contributed by atoms with van der Waals surface area (Å²) in [6.07, 6.45) is 4.58. The predicted molar refractivity (Wildman–Crippen MR) is 336 cm³/mol. The van der Waals surface area contributed by atoms with Gasteiger partial charge in [-0.2, -0.15) is 9.97 Å². The van der Waals surface area contributed by atoms with E-state index in [1.54, 1.807) is 0 Å². The van der Waals surface area contributed by atoms with Crippen LogP contribution in [0.25, 0.3) is 27.8 Å². The SMILES string of the molecule is CC(C)(C)c1ccc(N2c3ccc(C(C)(C)C)cc3B3c4cc(C(C)(C)C)ccc4N(c4ccc(C(C)(C)C)cc4)c4nc(-n5c6cc7c(cc6c6cc8c(cc65)C(C)(C)CCC8(C)C)C(C)(C)CCC7(C)C)nc2c43)cc1. The zero-order valence-corrected chi connectivity index (χ0v) is 51.0. The average molecular weight is 1030 g/mol. The summed E-state index contributed by atoms with van der Waals surface area (Å²) in [7, 11) is 0. The second-order valence-electron chi connectivity index (χ2n) is 31.0. The standard InChI is InChI=1S/C72H86BN5/c1-65(2,3)43-21-27-47(28-22-43)76-57-31-25-45(67(7,8)9)37-55(57)73-56-38-46(68(10,11)12)26-32-58(56)77(48-29-23-44(24-30-48)66(4,5)6)63-61(73)62(76)74-64(75-63)78-59-41-53-51(69(13,14)33-35-71(53,17)18)39-49(59)50-40-52-54(42-60(50)78)72(19,20)36-34-70(52,15)16/h21-32,37-42H,33-36H2,1-20H3. The Morgan fingerprint density at radius 3 is 1.01 bits per heavy atom. The molecule has 6 heteroatoms. The van der Waals surface area contributed by atoms with Gasteiger partial charge < -0.3 is 0 Å². The van der Waals surface area contributed by atoms with E-state index in [4.69, 9.17) is 9.97 Å². The molecule has 2 aromatic heterocycles. The minimum atomic E-state index is -0.142. The third kappa shape index (κ3) is 8.13. The van der Waals surface area contributed by atoms with Gasteiger partial charge in [-0.15, -0.1) is 0 Å². The number of nitrogens with zero attached hydrogens (tertiary/aromatic N) is 5. The number of anilines is 6. The molecule has 402 valence electrons. The molecule has 0 spiro atoms. The lowest BCUT2D eigenvalue weighted by Crippen LogP contribution is -2.62. The molecule has 0 amide bonds. The molecule has 4 heterocycles. The Bertz CT molecular complexity index is 3540. The monoisotopic (exact) mass is 1030 g/mol. The summed E-state index contributed by atoms with van der Waals surface area (Å²) in [5.41, 5.74) is 21.5. The number of benzene rings is 6. The van der Waals surface area contributed by atoms with E-state index in [2.05, 4.69) is 262 Å². The molecular weight excluding hydrogens is 946 g/mol. The number of rotatable bonds is 3. The van der Waals surface area contributed by atoms with Crippen molar-refractivity contribution in [2.24, 2.45) is 0 Å². The Kier molecular flexibility index (Phi) is 11.3. The third-order valence-electron chi connectivity index (χ3n) is 19.4. The molecule has 12 rings (SSSR count). The van der Waals surface area contributed by atoms with Crippen LogP contribution < -0.4 is 26.2 Å². The lowest BCUT2D eigenvalue weighted by Gasteiger charge is -2.43. The van der Waals surface area contributed by atoms with Gasteiger partial charge >= 0.3 is 0 Å². The highest BCUT2D eigenvalue weighted by molar-refractivity contribution is 7.00. The summed E-state index contributed by atoms with van der Waals surface area (Å²) in [5.74, 6) is 2.55. The van der Waals surface area contributed by atoms with Crippen LogP contribution in [0, 0.1) is 0 Å². The fourth-order valence-electron chi connectivity index (χ4n) is 13.8. The normalized spacial score (nSPS) is 18.1. The maximum Gasteiger partial charge on any atom is 0.256 e. The minimum Gasteiger partial charge on any atom is -0.296 e. The molecule has 8 aromatic rings. The molecule has 0 atom stereocenters. The van der Waals surface area contributed by atoms with Crippen molar-refractivity contribution in [2.75, 3.05) is 9.80 Å². The molecular formula is C72H86BN5. The van der Waals surface area contributed by atoms with Crippen molar-refractivity contribution >= 4 is 79.3 Å². The third-order valence-corrected chi connectivity index (χ3v) is 19.4. The molecule has 78 heavy (non-hydrogen) atoms. The fraction of sp³-hybridized carbons (Fsp3) is 0.444. The van der Waals surface area contributed by atoms with Gasteiger partial charge in [0, 0.05) is 39.0 Å². The van der Waals surface area contributed by atoms with Crippen LogP contribution in [0.5, 0.6) is 0 Å². The molecule has 0 fully saturated rings. The van der Waals surface area contributed by atoms with Gasteiger partial charge in [0.15, 0.2) is 0 Å². The van der Waals surface area contributed by atoms with E-state index < -0.39 is 0 Å². The Balaban J connectivity index is 1.26. The van der Waals surface area contributed by atoms with Crippen LogP contribution in [0.1, 0.15) is 209 Å². The average Bonchev–Trinajstić information content (AvgIpc) is 3.77. The van der Waals surface area contributed by atoms with Crippen molar-refractivity contribution in [3.63, 3.8) is 0 Å². The number of fused-ring (bicyclic) bond motifs is 9. The van der Waals surface area contributed by atoms with Crippen LogP contribution in [0.4, 0.5) is 34.4 Å². The van der Waals surface area contributed by atoms with Gasteiger partial charge in [-0.3, -0.25) is 14.4 Å². The molecule has 2 aliphatic carbocycles. The van der Waals surface area contributed by atoms with Gasteiger partial charge in [-0.1, -0.05) is 187 Å².